The van der Waals surface area contributed by atoms with Crippen LogP contribution in [0.2, 0.25) is 0 Å². The standard InChI is InChI=1S/C17H20N4O/c22-17(13-5-4-10-18-11-13)21-16-9-8-15(12-19-16)20-14-6-2-1-3-7-14/h4-5,8-12,14,20H,1-3,6-7H2,(H,19,21,22). The van der Waals surface area contributed by atoms with Gasteiger partial charge in [-0.05, 0) is 37.1 Å². The molecule has 0 aliphatic heterocycles. The van der Waals surface area contributed by atoms with Crippen molar-refractivity contribution in [2.75, 3.05) is 10.6 Å². The summed E-state index contributed by atoms with van der Waals surface area (Å²) in [5.41, 5.74) is 1.53. The molecule has 1 fully saturated rings. The molecule has 1 aliphatic carbocycles. The molecule has 1 aliphatic rings. The predicted molar refractivity (Wildman–Crippen MR) is 86.9 cm³/mol. The molecule has 22 heavy (non-hydrogen) atoms. The van der Waals surface area contributed by atoms with E-state index in [1.807, 2.05) is 12.1 Å². The molecule has 0 radical (unpaired) electrons. The molecule has 114 valence electrons. The van der Waals surface area contributed by atoms with Crippen LogP contribution in [0.1, 0.15) is 42.5 Å². The molecule has 1 saturated carbocycles. The molecule has 2 aromatic heterocycles. The number of nitrogens with one attached hydrogen (secondary N) is 2. The van der Waals surface area contributed by atoms with E-state index in [2.05, 4.69) is 20.6 Å². The summed E-state index contributed by atoms with van der Waals surface area (Å²) in [5.74, 6) is 0.344. The van der Waals surface area contributed by atoms with Gasteiger partial charge >= 0.3 is 0 Å². The van der Waals surface area contributed by atoms with Gasteiger partial charge in [0.15, 0.2) is 0 Å². The molecule has 2 aromatic rings. The normalized spacial score (nSPS) is 15.3. The topological polar surface area (TPSA) is 66.9 Å². The minimum absolute atomic E-state index is 0.200. The zero-order valence-corrected chi connectivity index (χ0v) is 12.5. The van der Waals surface area contributed by atoms with Crippen molar-refractivity contribution in [3.05, 3.63) is 48.4 Å². The first-order valence-corrected chi connectivity index (χ1v) is 7.75. The minimum atomic E-state index is -0.200. The van der Waals surface area contributed by atoms with Gasteiger partial charge in [-0.2, -0.15) is 0 Å². The van der Waals surface area contributed by atoms with Crippen molar-refractivity contribution >= 4 is 17.4 Å². The third-order valence-electron chi connectivity index (χ3n) is 3.90. The van der Waals surface area contributed by atoms with Crippen LogP contribution in [0.15, 0.2) is 42.9 Å². The van der Waals surface area contributed by atoms with Gasteiger partial charge in [-0.1, -0.05) is 19.3 Å². The molecule has 1 amide bonds. The molecule has 2 heterocycles. The third-order valence-corrected chi connectivity index (χ3v) is 3.90. The quantitative estimate of drug-likeness (QED) is 0.906. The number of anilines is 2. The number of amides is 1. The second-order valence-electron chi connectivity index (χ2n) is 5.61. The van der Waals surface area contributed by atoms with Gasteiger partial charge in [0.2, 0.25) is 0 Å². The summed E-state index contributed by atoms with van der Waals surface area (Å²) < 4.78 is 0. The fourth-order valence-electron chi connectivity index (χ4n) is 2.72. The number of rotatable bonds is 4. The maximum atomic E-state index is 12.0. The van der Waals surface area contributed by atoms with E-state index in [1.54, 1.807) is 24.5 Å². The first-order chi connectivity index (χ1) is 10.8. The van der Waals surface area contributed by atoms with Crippen molar-refractivity contribution in [3.8, 4) is 0 Å². The monoisotopic (exact) mass is 296 g/mol. The summed E-state index contributed by atoms with van der Waals surface area (Å²) in [6, 6.07) is 7.78. The fraction of sp³-hybridized carbons (Fsp3) is 0.353. The Morgan fingerprint density at radius 3 is 2.64 bits per heavy atom. The van der Waals surface area contributed by atoms with Gasteiger partial charge in [0, 0.05) is 18.4 Å². The van der Waals surface area contributed by atoms with Crippen molar-refractivity contribution in [1.82, 2.24) is 9.97 Å². The Morgan fingerprint density at radius 1 is 1.09 bits per heavy atom. The van der Waals surface area contributed by atoms with Crippen molar-refractivity contribution in [2.45, 2.75) is 38.1 Å². The van der Waals surface area contributed by atoms with Crippen LogP contribution in [0.25, 0.3) is 0 Å². The Kier molecular flexibility index (Phi) is 4.63. The lowest BCUT2D eigenvalue weighted by Crippen LogP contribution is -2.22. The number of hydrogen-bond acceptors (Lipinski definition) is 4. The van der Waals surface area contributed by atoms with Crippen LogP contribution in [0.5, 0.6) is 0 Å². The summed E-state index contributed by atoms with van der Waals surface area (Å²) in [4.78, 5) is 20.2. The SMILES string of the molecule is O=C(Nc1ccc(NC2CCCCC2)cn1)c1cccnc1. The van der Waals surface area contributed by atoms with E-state index in [-0.39, 0.29) is 5.91 Å². The van der Waals surface area contributed by atoms with Crippen LogP contribution in [0.4, 0.5) is 11.5 Å². The van der Waals surface area contributed by atoms with Crippen LogP contribution < -0.4 is 10.6 Å². The second-order valence-corrected chi connectivity index (χ2v) is 5.61. The Bertz CT molecular complexity index is 606. The minimum Gasteiger partial charge on any atom is -0.381 e. The third kappa shape index (κ3) is 3.81. The average molecular weight is 296 g/mol. The van der Waals surface area contributed by atoms with Gasteiger partial charge < -0.3 is 10.6 Å². The molecule has 0 saturated heterocycles. The van der Waals surface area contributed by atoms with Crippen LogP contribution in [-0.4, -0.2) is 21.9 Å². The maximum absolute atomic E-state index is 12.0. The first kappa shape index (κ1) is 14.5. The number of hydrogen-bond donors (Lipinski definition) is 2. The number of carbonyl (C=O) groups excluding carboxylic acids is 1. The zero-order chi connectivity index (χ0) is 15.2. The molecule has 0 spiro atoms. The largest absolute Gasteiger partial charge is 0.381 e. The highest BCUT2D eigenvalue weighted by molar-refractivity contribution is 6.03. The van der Waals surface area contributed by atoms with Crippen molar-refractivity contribution in [3.63, 3.8) is 0 Å². The lowest BCUT2D eigenvalue weighted by atomic mass is 9.95. The Morgan fingerprint density at radius 2 is 1.95 bits per heavy atom. The number of aromatic nitrogens is 2. The van der Waals surface area contributed by atoms with Gasteiger partial charge in [0.25, 0.3) is 5.91 Å². The molecule has 0 bridgehead atoms. The van der Waals surface area contributed by atoms with Gasteiger partial charge in [-0.3, -0.25) is 9.78 Å². The van der Waals surface area contributed by atoms with Gasteiger partial charge in [-0.25, -0.2) is 4.98 Å². The van der Waals surface area contributed by atoms with E-state index in [4.69, 9.17) is 0 Å². The fourth-order valence-corrected chi connectivity index (χ4v) is 2.72. The molecule has 0 unspecified atom stereocenters. The van der Waals surface area contributed by atoms with Gasteiger partial charge in [0.05, 0.1) is 17.4 Å². The van der Waals surface area contributed by atoms with Crippen molar-refractivity contribution < 1.29 is 4.79 Å². The van der Waals surface area contributed by atoms with E-state index in [1.165, 1.54) is 38.3 Å². The maximum Gasteiger partial charge on any atom is 0.258 e. The van der Waals surface area contributed by atoms with E-state index in [0.29, 0.717) is 17.4 Å². The molecular formula is C17H20N4O. The summed E-state index contributed by atoms with van der Waals surface area (Å²) in [6.45, 7) is 0. The van der Waals surface area contributed by atoms with E-state index >= 15 is 0 Å². The summed E-state index contributed by atoms with van der Waals surface area (Å²) in [5, 5.41) is 6.28. The van der Waals surface area contributed by atoms with Crippen LogP contribution in [-0.2, 0) is 0 Å². The van der Waals surface area contributed by atoms with Crippen LogP contribution >= 0.6 is 0 Å². The Labute approximate surface area is 130 Å². The molecule has 2 N–H and O–H groups in total. The van der Waals surface area contributed by atoms with Crippen molar-refractivity contribution in [1.29, 1.82) is 0 Å². The molecule has 0 aromatic carbocycles. The first-order valence-electron chi connectivity index (χ1n) is 7.75. The van der Waals surface area contributed by atoms with Gasteiger partial charge in [0.1, 0.15) is 5.82 Å². The smallest absolute Gasteiger partial charge is 0.258 e. The molecule has 0 atom stereocenters. The van der Waals surface area contributed by atoms with Crippen LogP contribution in [0.3, 0.4) is 0 Å². The van der Waals surface area contributed by atoms with E-state index < -0.39 is 0 Å². The highest BCUT2D eigenvalue weighted by atomic mass is 16.1. The zero-order valence-electron chi connectivity index (χ0n) is 12.5. The lowest BCUT2D eigenvalue weighted by molar-refractivity contribution is 0.102. The highest BCUT2D eigenvalue weighted by Gasteiger charge is 2.13. The van der Waals surface area contributed by atoms with E-state index in [0.717, 1.165) is 5.69 Å². The number of nitrogens with zero attached hydrogens (tertiary/aromatic N) is 2. The van der Waals surface area contributed by atoms with Crippen LogP contribution in [0, 0.1) is 0 Å². The highest BCUT2D eigenvalue weighted by Crippen LogP contribution is 2.21. The molecule has 5 heteroatoms. The summed E-state index contributed by atoms with van der Waals surface area (Å²) in [6.07, 6.45) is 11.3. The predicted octanol–water partition coefficient (Wildman–Crippen LogP) is 3.47. The average Bonchev–Trinajstić information content (AvgIpc) is 2.58. The van der Waals surface area contributed by atoms with Gasteiger partial charge in [-0.15, -0.1) is 0 Å². The molecule has 3 rings (SSSR count). The Hall–Kier alpha value is -2.43. The summed E-state index contributed by atoms with van der Waals surface area (Å²) in [7, 11) is 0. The lowest BCUT2D eigenvalue weighted by Gasteiger charge is -2.23. The Balaban J connectivity index is 1.58. The second kappa shape index (κ2) is 7.02. The number of carbonyl (C=O) groups is 1. The summed E-state index contributed by atoms with van der Waals surface area (Å²) >= 11 is 0. The van der Waals surface area contributed by atoms with Crippen molar-refractivity contribution in [2.24, 2.45) is 0 Å². The molecule has 5 nitrogen and oxygen atoms in total. The number of pyridine rings is 2. The molecular weight excluding hydrogens is 276 g/mol. The van der Waals surface area contributed by atoms with E-state index in [9.17, 15) is 4.79 Å².